The van der Waals surface area contributed by atoms with Crippen molar-refractivity contribution in [3.63, 3.8) is 0 Å². The predicted molar refractivity (Wildman–Crippen MR) is 201 cm³/mol. The molecule has 0 saturated heterocycles. The van der Waals surface area contributed by atoms with Gasteiger partial charge in [0.2, 0.25) is 0 Å². The van der Waals surface area contributed by atoms with Gasteiger partial charge in [0.25, 0.3) is 0 Å². The topological polar surface area (TPSA) is 35.0 Å². The molecule has 0 fully saturated rings. The van der Waals surface area contributed by atoms with Gasteiger partial charge in [0.05, 0.1) is 16.8 Å². The third-order valence-corrected chi connectivity index (χ3v) is 10.2. The van der Waals surface area contributed by atoms with E-state index in [9.17, 15) is 0 Å². The van der Waals surface area contributed by atoms with Crippen molar-refractivity contribution >= 4 is 0 Å². The summed E-state index contributed by atoms with van der Waals surface area (Å²) in [6, 6.07) is 64.1. The first-order valence-corrected chi connectivity index (χ1v) is 17.0. The van der Waals surface area contributed by atoms with E-state index in [-0.39, 0.29) is 0 Å². The molecule has 2 aliphatic rings. The number of benzene rings is 7. The number of para-hydroxylation sites is 1. The van der Waals surface area contributed by atoms with E-state index in [2.05, 4.69) is 170 Å². The van der Waals surface area contributed by atoms with Crippen LogP contribution in [0.1, 0.15) is 22.3 Å². The highest BCUT2D eigenvalue weighted by Gasteiger charge is 2.51. The Morgan fingerprint density at radius 1 is 0.340 bits per heavy atom. The Labute approximate surface area is 291 Å². The van der Waals surface area contributed by atoms with Crippen LogP contribution in [-0.4, -0.2) is 9.97 Å². The molecular weight excluding hydrogens is 609 g/mol. The second-order valence-corrected chi connectivity index (χ2v) is 12.9. The molecule has 3 heteroatoms. The van der Waals surface area contributed by atoms with Crippen molar-refractivity contribution in [3.8, 4) is 67.7 Å². The second-order valence-electron chi connectivity index (χ2n) is 12.9. The fourth-order valence-electron chi connectivity index (χ4n) is 7.97. The number of hydrogen-bond donors (Lipinski definition) is 0. The van der Waals surface area contributed by atoms with Crippen molar-refractivity contribution in [2.75, 3.05) is 0 Å². The zero-order valence-electron chi connectivity index (χ0n) is 27.1. The largest absolute Gasteiger partial charge is 0.457 e. The summed E-state index contributed by atoms with van der Waals surface area (Å²) in [4.78, 5) is 10.5. The first-order valence-electron chi connectivity index (χ1n) is 17.0. The van der Waals surface area contributed by atoms with E-state index in [1.165, 1.54) is 27.8 Å². The second kappa shape index (κ2) is 11.3. The van der Waals surface area contributed by atoms with Crippen LogP contribution in [0.5, 0.6) is 11.5 Å². The number of aromatic nitrogens is 2. The summed E-state index contributed by atoms with van der Waals surface area (Å²) in [5, 5.41) is 0. The molecule has 8 aromatic rings. The maximum absolute atomic E-state index is 6.69. The zero-order valence-corrected chi connectivity index (χ0v) is 27.1. The summed E-state index contributed by atoms with van der Waals surface area (Å²) in [5.74, 6) is 2.39. The predicted octanol–water partition coefficient (Wildman–Crippen LogP) is 11.6. The van der Waals surface area contributed by atoms with Crippen LogP contribution >= 0.6 is 0 Å². The van der Waals surface area contributed by atoms with Crippen LogP contribution in [0.3, 0.4) is 0 Å². The Morgan fingerprint density at radius 2 is 0.880 bits per heavy atom. The molecule has 234 valence electrons. The number of ether oxygens (including phenoxy) is 1. The minimum absolute atomic E-state index is 0.558. The molecule has 0 saturated carbocycles. The van der Waals surface area contributed by atoms with Crippen molar-refractivity contribution in [1.29, 1.82) is 0 Å². The van der Waals surface area contributed by atoms with Gasteiger partial charge in [-0.25, -0.2) is 9.97 Å². The zero-order chi connectivity index (χ0) is 33.1. The number of hydrogen-bond acceptors (Lipinski definition) is 3. The Balaban J connectivity index is 1.21. The van der Waals surface area contributed by atoms with Gasteiger partial charge in [-0.2, -0.15) is 0 Å². The Morgan fingerprint density at radius 3 is 1.60 bits per heavy atom. The quantitative estimate of drug-likeness (QED) is 0.192. The Hall–Kier alpha value is -6.58. The van der Waals surface area contributed by atoms with E-state index in [1.807, 2.05) is 12.1 Å². The first-order chi connectivity index (χ1) is 24.8. The van der Waals surface area contributed by atoms with Gasteiger partial charge in [0.1, 0.15) is 11.5 Å². The number of fused-ring (bicyclic) bond motifs is 9. The van der Waals surface area contributed by atoms with Crippen LogP contribution in [0.2, 0.25) is 0 Å². The maximum Gasteiger partial charge on any atom is 0.160 e. The summed E-state index contributed by atoms with van der Waals surface area (Å²) < 4.78 is 6.69. The molecule has 2 heterocycles. The van der Waals surface area contributed by atoms with Crippen molar-refractivity contribution in [2.24, 2.45) is 0 Å². The van der Waals surface area contributed by atoms with E-state index >= 15 is 0 Å². The highest BCUT2D eigenvalue weighted by molar-refractivity contribution is 5.89. The average Bonchev–Trinajstić information content (AvgIpc) is 3.49. The van der Waals surface area contributed by atoms with E-state index in [0.29, 0.717) is 5.82 Å². The summed E-state index contributed by atoms with van der Waals surface area (Å²) in [5.41, 5.74) is 13.8. The molecular formula is C47H30N2O. The summed E-state index contributed by atoms with van der Waals surface area (Å²) in [6.45, 7) is 0. The summed E-state index contributed by atoms with van der Waals surface area (Å²) >= 11 is 0. The molecule has 1 aliphatic carbocycles. The van der Waals surface area contributed by atoms with E-state index < -0.39 is 5.41 Å². The van der Waals surface area contributed by atoms with Crippen LogP contribution < -0.4 is 4.74 Å². The average molecular weight is 639 g/mol. The first kappa shape index (κ1) is 28.4. The normalized spacial score (nSPS) is 13.1. The third kappa shape index (κ3) is 4.30. The van der Waals surface area contributed by atoms with Gasteiger partial charge in [0.15, 0.2) is 5.82 Å². The Kier molecular flexibility index (Phi) is 6.40. The minimum Gasteiger partial charge on any atom is -0.457 e. The van der Waals surface area contributed by atoms with Crippen molar-refractivity contribution < 1.29 is 4.74 Å². The van der Waals surface area contributed by atoms with Crippen LogP contribution in [0, 0.1) is 0 Å². The molecule has 10 rings (SSSR count). The minimum atomic E-state index is -0.558. The lowest BCUT2D eigenvalue weighted by molar-refractivity contribution is 0.436. The van der Waals surface area contributed by atoms with Gasteiger partial charge in [-0.15, -0.1) is 0 Å². The van der Waals surface area contributed by atoms with Crippen LogP contribution in [0.15, 0.2) is 182 Å². The number of nitrogens with zero attached hydrogens (tertiary/aromatic N) is 2. The van der Waals surface area contributed by atoms with Gasteiger partial charge < -0.3 is 4.74 Å². The smallest absolute Gasteiger partial charge is 0.160 e. The fraction of sp³-hybridized carbons (Fsp3) is 0.0213. The molecule has 7 aromatic carbocycles. The maximum atomic E-state index is 6.69. The number of rotatable bonds is 4. The standard InChI is InChI=1S/C47H30N2O/c1-3-14-31(15-4-1)33-18-13-19-34(28-33)43-30-42(32-16-5-2-6-17-32)48-46(49-43)35-26-27-45-41(29-35)47(40-24-11-12-25-44(40)50-45)38-22-9-7-20-36(38)37-21-8-10-23-39(37)47/h1-30H. The molecule has 0 unspecified atom stereocenters. The van der Waals surface area contributed by atoms with Gasteiger partial charge >= 0.3 is 0 Å². The van der Waals surface area contributed by atoms with Gasteiger partial charge in [-0.3, -0.25) is 0 Å². The summed E-state index contributed by atoms with van der Waals surface area (Å²) in [7, 11) is 0. The monoisotopic (exact) mass is 638 g/mol. The van der Waals surface area contributed by atoms with Gasteiger partial charge in [-0.1, -0.05) is 146 Å². The molecule has 0 atom stereocenters. The molecule has 3 nitrogen and oxygen atoms in total. The highest BCUT2D eigenvalue weighted by Crippen LogP contribution is 2.62. The lowest BCUT2D eigenvalue weighted by atomic mass is 9.66. The van der Waals surface area contributed by atoms with Gasteiger partial charge in [0, 0.05) is 27.8 Å². The SMILES string of the molecule is c1ccc(-c2cccc(-c3cc(-c4ccccc4)nc(-c4ccc5c(c4)C4(c6ccccc6O5)c5ccccc5-c5ccccc54)n3)c2)cc1. The molecule has 0 radical (unpaired) electrons. The van der Waals surface area contributed by atoms with Crippen LogP contribution in [0.25, 0.3) is 56.2 Å². The fourth-order valence-corrected chi connectivity index (χ4v) is 7.97. The van der Waals surface area contributed by atoms with Crippen molar-refractivity contribution in [2.45, 2.75) is 5.41 Å². The molecule has 0 bridgehead atoms. The highest BCUT2D eigenvalue weighted by atomic mass is 16.5. The van der Waals surface area contributed by atoms with E-state index in [4.69, 9.17) is 14.7 Å². The molecule has 1 aromatic heterocycles. The van der Waals surface area contributed by atoms with Crippen LogP contribution in [-0.2, 0) is 5.41 Å². The molecule has 1 aliphatic heterocycles. The molecule has 0 amide bonds. The lowest BCUT2D eigenvalue weighted by Gasteiger charge is -2.39. The Bertz CT molecular complexity index is 2530. The molecule has 0 N–H and O–H groups in total. The van der Waals surface area contributed by atoms with Crippen molar-refractivity contribution in [3.05, 3.63) is 204 Å². The molecule has 50 heavy (non-hydrogen) atoms. The third-order valence-electron chi connectivity index (χ3n) is 10.2. The van der Waals surface area contributed by atoms with E-state index in [1.54, 1.807) is 0 Å². The lowest BCUT2D eigenvalue weighted by Crippen LogP contribution is -2.32. The molecule has 1 spiro atoms. The van der Waals surface area contributed by atoms with E-state index in [0.717, 1.165) is 56.3 Å². The summed E-state index contributed by atoms with van der Waals surface area (Å²) in [6.07, 6.45) is 0. The van der Waals surface area contributed by atoms with Gasteiger partial charge in [-0.05, 0) is 69.8 Å². The van der Waals surface area contributed by atoms with Crippen molar-refractivity contribution in [1.82, 2.24) is 9.97 Å². The van der Waals surface area contributed by atoms with Crippen LogP contribution in [0.4, 0.5) is 0 Å².